The molecule has 0 saturated heterocycles. The number of hydrogen-bond acceptors (Lipinski definition) is 4. The van der Waals surface area contributed by atoms with Gasteiger partial charge in [-0.25, -0.2) is 14.5 Å². The largest absolute Gasteiger partial charge is 0.325 e. The number of benzene rings is 1. The van der Waals surface area contributed by atoms with E-state index >= 15 is 0 Å². The van der Waals surface area contributed by atoms with E-state index in [1.165, 1.54) is 6.07 Å². The summed E-state index contributed by atoms with van der Waals surface area (Å²) in [5.41, 5.74) is 7.56. The van der Waals surface area contributed by atoms with Gasteiger partial charge in [0.1, 0.15) is 0 Å². The molecule has 8 heteroatoms. The first-order valence-electron chi connectivity index (χ1n) is 7.12. The standard InChI is InChI=1S/C16H11ClFN5O/c17-9-4-12(18)15-20-6-14(23(15)7-9)8-1-2-10-11(3-8)13(5-19)21-22-16(10)24/h1-4,6-7H,5,19H2,(H,22,24). The number of imidazole rings is 1. The molecule has 0 spiro atoms. The molecule has 0 aliphatic rings. The average Bonchev–Trinajstić information content (AvgIpc) is 2.99. The number of aromatic nitrogens is 4. The second-order valence-corrected chi connectivity index (χ2v) is 5.74. The lowest BCUT2D eigenvalue weighted by atomic mass is 10.1. The van der Waals surface area contributed by atoms with Crippen LogP contribution in [0, 0.1) is 5.82 Å². The lowest BCUT2D eigenvalue weighted by Crippen LogP contribution is -2.13. The zero-order chi connectivity index (χ0) is 16.8. The number of halogens is 2. The number of rotatable bonds is 2. The first-order valence-corrected chi connectivity index (χ1v) is 7.50. The first-order chi connectivity index (χ1) is 11.6. The highest BCUT2D eigenvalue weighted by Crippen LogP contribution is 2.27. The second kappa shape index (κ2) is 5.40. The summed E-state index contributed by atoms with van der Waals surface area (Å²) in [6.07, 6.45) is 3.14. The Morgan fingerprint density at radius 2 is 2.12 bits per heavy atom. The number of fused-ring (bicyclic) bond motifs is 2. The van der Waals surface area contributed by atoms with Crippen LogP contribution in [-0.2, 0) is 6.54 Å². The molecule has 0 atom stereocenters. The normalized spacial score (nSPS) is 11.5. The number of nitrogens with two attached hydrogens (primary N) is 1. The van der Waals surface area contributed by atoms with Crippen LogP contribution >= 0.6 is 11.6 Å². The summed E-state index contributed by atoms with van der Waals surface area (Å²) in [6, 6.07) is 6.46. The van der Waals surface area contributed by atoms with E-state index in [4.69, 9.17) is 17.3 Å². The Kier molecular flexibility index (Phi) is 3.33. The van der Waals surface area contributed by atoms with Crippen molar-refractivity contribution in [3.05, 3.63) is 63.5 Å². The van der Waals surface area contributed by atoms with E-state index in [0.717, 1.165) is 5.56 Å². The molecule has 4 rings (SSSR count). The van der Waals surface area contributed by atoms with Crippen molar-refractivity contribution < 1.29 is 4.39 Å². The van der Waals surface area contributed by atoms with Crippen molar-refractivity contribution in [2.45, 2.75) is 6.54 Å². The van der Waals surface area contributed by atoms with E-state index in [2.05, 4.69) is 15.2 Å². The minimum atomic E-state index is -0.504. The van der Waals surface area contributed by atoms with Gasteiger partial charge < -0.3 is 5.73 Å². The van der Waals surface area contributed by atoms with Gasteiger partial charge >= 0.3 is 0 Å². The molecule has 24 heavy (non-hydrogen) atoms. The van der Waals surface area contributed by atoms with E-state index in [9.17, 15) is 9.18 Å². The van der Waals surface area contributed by atoms with Crippen molar-refractivity contribution in [3.8, 4) is 11.3 Å². The third-order valence-corrected chi connectivity index (χ3v) is 4.09. The van der Waals surface area contributed by atoms with Gasteiger partial charge in [-0.05, 0) is 18.2 Å². The molecule has 4 aromatic rings. The maximum absolute atomic E-state index is 14.0. The van der Waals surface area contributed by atoms with Crippen LogP contribution in [0.15, 0.2) is 41.5 Å². The number of aromatic amines is 1. The molecule has 0 amide bonds. The van der Waals surface area contributed by atoms with Crippen LogP contribution in [0.25, 0.3) is 27.7 Å². The molecule has 0 unspecified atom stereocenters. The molecular formula is C16H11ClFN5O. The maximum atomic E-state index is 14.0. The van der Waals surface area contributed by atoms with Crippen molar-refractivity contribution >= 4 is 28.0 Å². The molecule has 3 aromatic heterocycles. The van der Waals surface area contributed by atoms with Gasteiger partial charge in [-0.1, -0.05) is 17.7 Å². The lowest BCUT2D eigenvalue weighted by Gasteiger charge is -2.07. The van der Waals surface area contributed by atoms with E-state index in [-0.39, 0.29) is 22.8 Å². The number of nitrogens with zero attached hydrogens (tertiary/aromatic N) is 3. The molecule has 0 aliphatic heterocycles. The van der Waals surface area contributed by atoms with Gasteiger partial charge in [0.15, 0.2) is 11.5 Å². The topological polar surface area (TPSA) is 89.1 Å². The predicted octanol–water partition coefficient (Wildman–Crippen LogP) is 2.49. The zero-order valence-electron chi connectivity index (χ0n) is 12.3. The Morgan fingerprint density at radius 3 is 2.92 bits per heavy atom. The summed E-state index contributed by atoms with van der Waals surface area (Å²) in [4.78, 5) is 16.0. The number of pyridine rings is 1. The first kappa shape index (κ1) is 14.8. The maximum Gasteiger partial charge on any atom is 0.272 e. The fraction of sp³-hybridized carbons (Fsp3) is 0.0625. The van der Waals surface area contributed by atoms with Crippen LogP contribution < -0.4 is 11.3 Å². The molecule has 0 saturated carbocycles. The van der Waals surface area contributed by atoms with Crippen molar-refractivity contribution in [2.75, 3.05) is 0 Å². The van der Waals surface area contributed by atoms with Crippen molar-refractivity contribution in [2.24, 2.45) is 5.73 Å². The Balaban J connectivity index is 2.02. The highest BCUT2D eigenvalue weighted by Gasteiger charge is 2.13. The molecule has 0 bridgehead atoms. The van der Waals surface area contributed by atoms with Gasteiger partial charge in [0, 0.05) is 23.7 Å². The van der Waals surface area contributed by atoms with Gasteiger partial charge in [0.25, 0.3) is 5.56 Å². The molecule has 0 fully saturated rings. The third kappa shape index (κ3) is 2.17. The molecule has 120 valence electrons. The van der Waals surface area contributed by atoms with Crippen LogP contribution in [0.5, 0.6) is 0 Å². The van der Waals surface area contributed by atoms with E-state index in [1.807, 2.05) is 0 Å². The Bertz CT molecular complexity index is 1150. The van der Waals surface area contributed by atoms with Gasteiger partial charge in [-0.2, -0.15) is 5.10 Å². The van der Waals surface area contributed by atoms with Gasteiger partial charge in [0.05, 0.1) is 28.0 Å². The zero-order valence-corrected chi connectivity index (χ0v) is 13.0. The molecular weight excluding hydrogens is 333 g/mol. The minimum absolute atomic E-state index is 0.178. The number of nitrogens with one attached hydrogen (secondary N) is 1. The van der Waals surface area contributed by atoms with E-state index in [0.29, 0.717) is 22.2 Å². The van der Waals surface area contributed by atoms with E-state index in [1.54, 1.807) is 35.0 Å². The number of hydrogen-bond donors (Lipinski definition) is 2. The SMILES string of the molecule is NCc1n[nH]c(=O)c2ccc(-c3cnc4c(F)cc(Cl)cn34)cc12. The molecule has 1 aromatic carbocycles. The smallest absolute Gasteiger partial charge is 0.272 e. The summed E-state index contributed by atoms with van der Waals surface area (Å²) >= 11 is 5.94. The van der Waals surface area contributed by atoms with Crippen molar-refractivity contribution in [3.63, 3.8) is 0 Å². The molecule has 3 heterocycles. The summed E-state index contributed by atoms with van der Waals surface area (Å²) in [5.74, 6) is -0.504. The molecule has 0 aliphatic carbocycles. The highest BCUT2D eigenvalue weighted by molar-refractivity contribution is 6.30. The second-order valence-electron chi connectivity index (χ2n) is 5.31. The van der Waals surface area contributed by atoms with Crippen molar-refractivity contribution in [1.29, 1.82) is 0 Å². The Labute approximate surface area is 139 Å². The summed E-state index contributed by atoms with van der Waals surface area (Å²) < 4.78 is 15.5. The van der Waals surface area contributed by atoms with Crippen LogP contribution in [0.1, 0.15) is 5.69 Å². The molecule has 6 nitrogen and oxygen atoms in total. The lowest BCUT2D eigenvalue weighted by molar-refractivity contribution is 0.630. The summed E-state index contributed by atoms with van der Waals surface area (Å²) in [5, 5.41) is 7.80. The minimum Gasteiger partial charge on any atom is -0.325 e. The Morgan fingerprint density at radius 1 is 1.29 bits per heavy atom. The highest BCUT2D eigenvalue weighted by atomic mass is 35.5. The van der Waals surface area contributed by atoms with Crippen LogP contribution in [-0.4, -0.2) is 19.6 Å². The molecule has 0 radical (unpaired) electrons. The van der Waals surface area contributed by atoms with Gasteiger partial charge in [0.2, 0.25) is 0 Å². The number of H-pyrrole nitrogens is 1. The fourth-order valence-electron chi connectivity index (χ4n) is 2.76. The Hall–Kier alpha value is -2.77. The fourth-order valence-corrected chi connectivity index (χ4v) is 2.96. The quantitative estimate of drug-likeness (QED) is 0.585. The summed E-state index contributed by atoms with van der Waals surface area (Å²) in [6.45, 7) is 0.185. The van der Waals surface area contributed by atoms with Crippen LogP contribution in [0.4, 0.5) is 4.39 Å². The third-order valence-electron chi connectivity index (χ3n) is 3.88. The van der Waals surface area contributed by atoms with E-state index < -0.39 is 5.82 Å². The average molecular weight is 344 g/mol. The van der Waals surface area contributed by atoms with Crippen LogP contribution in [0.3, 0.4) is 0 Å². The van der Waals surface area contributed by atoms with Gasteiger partial charge in [-0.15, -0.1) is 0 Å². The van der Waals surface area contributed by atoms with Crippen LogP contribution in [0.2, 0.25) is 5.02 Å². The summed E-state index contributed by atoms with van der Waals surface area (Å²) in [7, 11) is 0. The van der Waals surface area contributed by atoms with Crippen molar-refractivity contribution in [1.82, 2.24) is 19.6 Å². The monoisotopic (exact) mass is 343 g/mol. The predicted molar refractivity (Wildman–Crippen MR) is 89.4 cm³/mol. The molecule has 3 N–H and O–H groups in total. The van der Waals surface area contributed by atoms with Gasteiger partial charge in [-0.3, -0.25) is 9.20 Å².